The second-order valence-corrected chi connectivity index (χ2v) is 9.86. The average molecular weight is 531 g/mol. The van der Waals surface area contributed by atoms with Gasteiger partial charge in [0.05, 0.1) is 0 Å². The van der Waals surface area contributed by atoms with Crippen molar-refractivity contribution in [1.82, 2.24) is 0 Å². The van der Waals surface area contributed by atoms with Crippen LogP contribution in [0.1, 0.15) is 21.2 Å². The lowest BCUT2D eigenvalue weighted by Gasteiger charge is -2.20. The molecule has 0 spiro atoms. The Morgan fingerprint density at radius 2 is 1.51 bits per heavy atom. The number of benzene rings is 4. The molecule has 4 aromatic rings. The third kappa shape index (κ3) is 6.25. The minimum Gasteiger partial charge on any atom is -0.486 e. The monoisotopic (exact) mass is 530 g/mol. The molecule has 0 aliphatic carbocycles. The second-order valence-electron chi connectivity index (χ2n) is 8.25. The summed E-state index contributed by atoms with van der Waals surface area (Å²) in [6, 6.07) is 29.1. The van der Waals surface area contributed by atoms with Gasteiger partial charge in [-0.2, -0.15) is 0 Å². The van der Waals surface area contributed by atoms with Gasteiger partial charge in [0.25, 0.3) is 5.91 Å². The van der Waals surface area contributed by atoms with Gasteiger partial charge >= 0.3 is 0 Å². The Labute approximate surface area is 223 Å². The maximum absolute atomic E-state index is 13.5. The van der Waals surface area contributed by atoms with Crippen molar-refractivity contribution in [3.05, 3.63) is 113 Å². The first-order valence-corrected chi connectivity index (χ1v) is 12.9. The zero-order valence-electron chi connectivity index (χ0n) is 19.6. The average Bonchev–Trinajstić information content (AvgIpc) is 2.92. The highest BCUT2D eigenvalue weighted by molar-refractivity contribution is 8.00. The van der Waals surface area contributed by atoms with Crippen LogP contribution in [-0.4, -0.2) is 25.0 Å². The van der Waals surface area contributed by atoms with E-state index in [0.29, 0.717) is 46.7 Å². The number of rotatable bonds is 7. The van der Waals surface area contributed by atoms with Gasteiger partial charge in [-0.05, 0) is 54.1 Å². The van der Waals surface area contributed by atoms with Crippen LogP contribution in [0, 0.1) is 0 Å². The lowest BCUT2D eigenvalue weighted by molar-refractivity contribution is -0.115. The second kappa shape index (κ2) is 11.4. The molecule has 0 fully saturated rings. The number of fused-ring (bicyclic) bond motifs is 1. The largest absolute Gasteiger partial charge is 0.486 e. The summed E-state index contributed by atoms with van der Waals surface area (Å²) in [6.07, 6.45) is 0. The lowest BCUT2D eigenvalue weighted by Crippen LogP contribution is -2.20. The standard InChI is InChI=1S/C29H23ClN2O4S/c30-21-9-4-8-20(16-21)28(33)31-22-10-5-11-24(17-22)37-27(19-6-2-1-3-7-19)29(34)32-23-12-13-25-26(18-23)36-15-14-35-25/h1-13,16-18,27H,14-15H2,(H,31,33)(H,32,34). The normalized spacial score (nSPS) is 12.9. The Kier molecular flexibility index (Phi) is 7.63. The van der Waals surface area contributed by atoms with Crippen molar-refractivity contribution in [2.75, 3.05) is 23.8 Å². The first kappa shape index (κ1) is 24.7. The molecule has 37 heavy (non-hydrogen) atoms. The van der Waals surface area contributed by atoms with Crippen LogP contribution in [-0.2, 0) is 4.79 Å². The highest BCUT2D eigenvalue weighted by Gasteiger charge is 2.23. The van der Waals surface area contributed by atoms with E-state index in [1.165, 1.54) is 11.8 Å². The molecule has 0 aromatic heterocycles. The number of anilines is 2. The van der Waals surface area contributed by atoms with Crippen LogP contribution < -0.4 is 20.1 Å². The van der Waals surface area contributed by atoms with Gasteiger partial charge in [-0.15, -0.1) is 11.8 Å². The Balaban J connectivity index is 1.35. The fourth-order valence-electron chi connectivity index (χ4n) is 3.85. The van der Waals surface area contributed by atoms with Crippen LogP contribution in [0.4, 0.5) is 11.4 Å². The summed E-state index contributed by atoms with van der Waals surface area (Å²) in [5.74, 6) is 0.827. The van der Waals surface area contributed by atoms with Crippen LogP contribution in [0.15, 0.2) is 102 Å². The van der Waals surface area contributed by atoms with Gasteiger partial charge in [0.1, 0.15) is 18.5 Å². The van der Waals surface area contributed by atoms with Crippen molar-refractivity contribution in [2.24, 2.45) is 0 Å². The zero-order valence-corrected chi connectivity index (χ0v) is 21.2. The van der Waals surface area contributed by atoms with E-state index >= 15 is 0 Å². The molecule has 1 aliphatic rings. The fourth-order valence-corrected chi connectivity index (χ4v) is 5.12. The van der Waals surface area contributed by atoms with Crippen molar-refractivity contribution < 1.29 is 19.1 Å². The Hall–Kier alpha value is -3.94. The Morgan fingerprint density at radius 1 is 0.757 bits per heavy atom. The topological polar surface area (TPSA) is 76.7 Å². The number of thioether (sulfide) groups is 1. The number of carbonyl (C=O) groups is 2. The third-order valence-corrected chi connectivity index (χ3v) is 7.07. The number of ether oxygens (including phenoxy) is 2. The third-order valence-electron chi connectivity index (χ3n) is 5.58. The van der Waals surface area contributed by atoms with Gasteiger partial charge in [0.2, 0.25) is 5.91 Å². The summed E-state index contributed by atoms with van der Waals surface area (Å²) in [4.78, 5) is 27.0. The first-order valence-electron chi connectivity index (χ1n) is 11.6. The molecule has 1 atom stereocenters. The molecule has 0 saturated heterocycles. The van der Waals surface area contributed by atoms with E-state index in [4.69, 9.17) is 21.1 Å². The van der Waals surface area contributed by atoms with Gasteiger partial charge in [-0.25, -0.2) is 0 Å². The molecule has 4 aromatic carbocycles. The Bertz CT molecular complexity index is 1430. The number of hydrogen-bond acceptors (Lipinski definition) is 5. The minimum atomic E-state index is -0.534. The maximum atomic E-state index is 13.5. The SMILES string of the molecule is O=C(Nc1cccc(SC(C(=O)Nc2ccc3c(c2)OCCO3)c2ccccc2)c1)c1cccc(Cl)c1. The van der Waals surface area contributed by atoms with Crippen LogP contribution in [0.5, 0.6) is 11.5 Å². The molecule has 1 aliphatic heterocycles. The van der Waals surface area contributed by atoms with E-state index < -0.39 is 5.25 Å². The lowest BCUT2D eigenvalue weighted by atomic mass is 10.1. The number of halogens is 1. The van der Waals surface area contributed by atoms with Crippen LogP contribution >= 0.6 is 23.4 Å². The smallest absolute Gasteiger partial charge is 0.255 e. The summed E-state index contributed by atoms with van der Waals surface area (Å²) in [7, 11) is 0. The molecular formula is C29H23ClN2O4S. The predicted octanol–water partition coefficient (Wildman–Crippen LogP) is 6.84. The van der Waals surface area contributed by atoms with Crippen LogP contribution in [0.25, 0.3) is 0 Å². The predicted molar refractivity (Wildman–Crippen MR) is 147 cm³/mol. The fraction of sp³-hybridized carbons (Fsp3) is 0.103. The number of nitrogens with one attached hydrogen (secondary N) is 2. The molecule has 1 heterocycles. The quantitative estimate of drug-likeness (QED) is 0.256. The van der Waals surface area contributed by atoms with Gasteiger partial charge in [0, 0.05) is 32.9 Å². The molecule has 5 rings (SSSR count). The van der Waals surface area contributed by atoms with E-state index in [0.717, 1.165) is 10.5 Å². The van der Waals surface area contributed by atoms with Crippen LogP contribution in [0.3, 0.4) is 0 Å². The van der Waals surface area contributed by atoms with E-state index in [-0.39, 0.29) is 11.8 Å². The molecule has 6 nitrogen and oxygen atoms in total. The number of carbonyl (C=O) groups excluding carboxylic acids is 2. The summed E-state index contributed by atoms with van der Waals surface area (Å²) >= 11 is 7.42. The van der Waals surface area contributed by atoms with Crippen molar-refractivity contribution in [3.63, 3.8) is 0 Å². The van der Waals surface area contributed by atoms with Crippen LogP contribution in [0.2, 0.25) is 5.02 Å². The van der Waals surface area contributed by atoms with Gasteiger partial charge in [-0.3, -0.25) is 9.59 Å². The summed E-state index contributed by atoms with van der Waals surface area (Å²) < 4.78 is 11.2. The van der Waals surface area contributed by atoms with E-state index in [1.807, 2.05) is 48.5 Å². The molecule has 8 heteroatoms. The summed E-state index contributed by atoms with van der Waals surface area (Å²) in [5, 5.41) is 5.86. The number of hydrogen-bond donors (Lipinski definition) is 2. The summed E-state index contributed by atoms with van der Waals surface area (Å²) in [6.45, 7) is 0.973. The van der Waals surface area contributed by atoms with Gasteiger partial charge < -0.3 is 20.1 Å². The Morgan fingerprint density at radius 3 is 2.32 bits per heavy atom. The molecule has 2 amide bonds. The summed E-state index contributed by atoms with van der Waals surface area (Å²) in [5.41, 5.74) is 2.56. The molecule has 0 bridgehead atoms. The number of amides is 2. The first-order chi connectivity index (χ1) is 18.0. The molecular weight excluding hydrogens is 508 g/mol. The van der Waals surface area contributed by atoms with Gasteiger partial charge in [0.15, 0.2) is 11.5 Å². The molecule has 0 saturated carbocycles. The van der Waals surface area contributed by atoms with Crippen molar-refractivity contribution in [1.29, 1.82) is 0 Å². The van der Waals surface area contributed by atoms with Crippen molar-refractivity contribution >= 4 is 46.6 Å². The molecule has 186 valence electrons. The van der Waals surface area contributed by atoms with Gasteiger partial charge in [-0.1, -0.05) is 54.1 Å². The molecule has 2 N–H and O–H groups in total. The zero-order chi connectivity index (χ0) is 25.6. The molecule has 1 unspecified atom stereocenters. The minimum absolute atomic E-state index is 0.179. The highest BCUT2D eigenvalue weighted by Crippen LogP contribution is 2.38. The maximum Gasteiger partial charge on any atom is 0.255 e. The highest BCUT2D eigenvalue weighted by atomic mass is 35.5. The van der Waals surface area contributed by atoms with E-state index in [9.17, 15) is 9.59 Å². The van der Waals surface area contributed by atoms with Crippen molar-refractivity contribution in [2.45, 2.75) is 10.1 Å². The van der Waals surface area contributed by atoms with Crippen molar-refractivity contribution in [3.8, 4) is 11.5 Å². The molecule has 0 radical (unpaired) electrons. The van der Waals surface area contributed by atoms with E-state index in [2.05, 4.69) is 10.6 Å². The van der Waals surface area contributed by atoms with E-state index in [1.54, 1.807) is 48.5 Å².